The Bertz CT molecular complexity index is 1870. The maximum Gasteiger partial charge on any atom is 0.430 e. The summed E-state index contributed by atoms with van der Waals surface area (Å²) >= 11 is 0. The summed E-state index contributed by atoms with van der Waals surface area (Å²) in [6.07, 6.45) is -24.6. The quantitative estimate of drug-likeness (QED) is 0.0765. The van der Waals surface area contributed by atoms with Crippen molar-refractivity contribution in [3.63, 3.8) is 0 Å². The van der Waals surface area contributed by atoms with Gasteiger partial charge in [0.25, 0.3) is 11.2 Å². The maximum absolute atomic E-state index is 13.0. The van der Waals surface area contributed by atoms with Gasteiger partial charge in [0.1, 0.15) is 29.3 Å². The molecular formula is C41H48F12O12. The molecule has 3 heterocycles. The van der Waals surface area contributed by atoms with Crippen LogP contribution in [0.3, 0.4) is 0 Å². The number of carbonyl (C=O) groups excluding carboxylic acids is 4. The largest absolute Gasteiger partial charge is 0.459 e. The molecule has 12 nitrogen and oxygen atoms in total. The van der Waals surface area contributed by atoms with E-state index in [-0.39, 0.29) is 42.4 Å². The maximum atomic E-state index is 13.0. The lowest BCUT2D eigenvalue weighted by Gasteiger charge is -2.59. The van der Waals surface area contributed by atoms with E-state index in [4.69, 9.17) is 24.1 Å². The van der Waals surface area contributed by atoms with E-state index < -0.39 is 102 Å². The first kappa shape index (κ1) is 52.3. The first-order valence-electron chi connectivity index (χ1n) is 20.5. The molecule has 3 N–H and O–H groups in total. The van der Waals surface area contributed by atoms with Gasteiger partial charge in [-0.15, -0.1) is 0 Å². The van der Waals surface area contributed by atoms with E-state index in [1.165, 1.54) is 19.3 Å². The van der Waals surface area contributed by atoms with Crippen molar-refractivity contribution in [1.82, 2.24) is 0 Å². The second kappa shape index (κ2) is 18.1. The Balaban J connectivity index is 0.000000199. The zero-order chi connectivity index (χ0) is 49.1. The number of esters is 3. The second-order valence-electron chi connectivity index (χ2n) is 18.3. The predicted molar refractivity (Wildman–Crippen MR) is 194 cm³/mol. The van der Waals surface area contributed by atoms with Gasteiger partial charge in [0.15, 0.2) is 6.10 Å². The number of hydrogen-bond donors (Lipinski definition) is 3. The van der Waals surface area contributed by atoms with Crippen molar-refractivity contribution in [3.8, 4) is 0 Å². The number of rotatable bonds is 8. The van der Waals surface area contributed by atoms with Gasteiger partial charge in [-0.25, -0.2) is 19.2 Å². The van der Waals surface area contributed by atoms with Gasteiger partial charge < -0.3 is 39.0 Å². The highest BCUT2D eigenvalue weighted by atomic mass is 19.4. The summed E-state index contributed by atoms with van der Waals surface area (Å²) < 4.78 is 181. The molecule has 0 spiro atoms. The zero-order valence-electron chi connectivity index (χ0n) is 35.0. The lowest BCUT2D eigenvalue weighted by atomic mass is 9.52. The molecule has 3 aliphatic heterocycles. The van der Waals surface area contributed by atoms with Gasteiger partial charge in [-0.1, -0.05) is 6.58 Å². The van der Waals surface area contributed by atoms with Crippen LogP contribution in [-0.2, 0) is 42.9 Å². The minimum absolute atomic E-state index is 0.0441. The third-order valence-electron chi connectivity index (χ3n) is 13.2. The highest BCUT2D eigenvalue weighted by Gasteiger charge is 2.74. The van der Waals surface area contributed by atoms with Crippen LogP contribution in [0.5, 0.6) is 0 Å². The molecule has 6 bridgehead atoms. The van der Waals surface area contributed by atoms with Crippen molar-refractivity contribution in [1.29, 1.82) is 0 Å². The minimum Gasteiger partial charge on any atom is -0.459 e. The molecule has 0 amide bonds. The smallest absolute Gasteiger partial charge is 0.430 e. The van der Waals surface area contributed by atoms with Gasteiger partial charge in [0.2, 0.25) is 0 Å². The summed E-state index contributed by atoms with van der Waals surface area (Å²) in [4.78, 5) is 45.3. The van der Waals surface area contributed by atoms with Crippen LogP contribution in [0.1, 0.15) is 91.4 Å². The Morgan fingerprint density at radius 1 is 0.754 bits per heavy atom. The van der Waals surface area contributed by atoms with Crippen molar-refractivity contribution in [3.05, 3.63) is 29.4 Å². The van der Waals surface area contributed by atoms with Crippen LogP contribution < -0.4 is 0 Å². The van der Waals surface area contributed by atoms with Gasteiger partial charge in [-0.05, 0) is 103 Å². The third kappa shape index (κ3) is 10.6. The minimum atomic E-state index is -6.32. The van der Waals surface area contributed by atoms with E-state index in [1.54, 1.807) is 6.92 Å². The molecule has 5 saturated carbocycles. The molecule has 9 unspecified atom stereocenters. The average Bonchev–Trinajstić information content (AvgIpc) is 3.81. The summed E-state index contributed by atoms with van der Waals surface area (Å²) in [6.45, 7) is 7.75. The summed E-state index contributed by atoms with van der Waals surface area (Å²) in [5.41, 5.74) is -12.7. The molecule has 0 aromatic heterocycles. The van der Waals surface area contributed by atoms with E-state index in [9.17, 15) is 82.1 Å². The van der Waals surface area contributed by atoms with E-state index >= 15 is 0 Å². The van der Waals surface area contributed by atoms with Crippen LogP contribution in [0, 0.1) is 23.7 Å². The molecule has 3 saturated heterocycles. The Morgan fingerprint density at radius 2 is 1.32 bits per heavy atom. The average molecular weight is 961 g/mol. The molecule has 0 radical (unpaired) electrons. The highest BCUT2D eigenvalue weighted by molar-refractivity contribution is 5.96. The Hall–Kier alpha value is -3.70. The highest BCUT2D eigenvalue weighted by Crippen LogP contribution is 2.59. The van der Waals surface area contributed by atoms with Crippen molar-refractivity contribution in [2.45, 2.75) is 169 Å². The fraction of sp³-hybridized carbons (Fsp3) is 0.780. The second-order valence-corrected chi connectivity index (χ2v) is 18.3. The topological polar surface area (TPSA) is 175 Å². The summed E-state index contributed by atoms with van der Waals surface area (Å²) in [6, 6.07) is 0. The monoisotopic (exact) mass is 960 g/mol. The van der Waals surface area contributed by atoms with E-state index in [1.807, 2.05) is 0 Å². The molecule has 8 aliphatic rings. The lowest BCUT2D eigenvalue weighted by Crippen LogP contribution is -2.62. The lowest BCUT2D eigenvalue weighted by molar-refractivity contribution is -0.388. The number of alkyl halides is 12. The van der Waals surface area contributed by atoms with E-state index in [0.29, 0.717) is 43.3 Å². The number of carbonyl (C=O) groups is 3. The molecule has 8 fully saturated rings. The van der Waals surface area contributed by atoms with Crippen LogP contribution >= 0.6 is 0 Å². The van der Waals surface area contributed by atoms with Crippen LogP contribution in [0.25, 0.3) is 0 Å². The van der Waals surface area contributed by atoms with Crippen molar-refractivity contribution in [2.24, 2.45) is 23.7 Å². The zero-order valence-corrected chi connectivity index (χ0v) is 35.0. The number of hydrogen-bond acceptors (Lipinski definition) is 12. The molecule has 5 aliphatic carbocycles. The van der Waals surface area contributed by atoms with Crippen LogP contribution in [-0.4, -0.2) is 123 Å². The fourth-order valence-corrected chi connectivity index (χ4v) is 10.5. The summed E-state index contributed by atoms with van der Waals surface area (Å²) in [5.74, 6) is -2.34. The number of halogens is 12. The molecule has 65 heavy (non-hydrogen) atoms. The summed E-state index contributed by atoms with van der Waals surface area (Å²) in [7, 11) is 0. The van der Waals surface area contributed by atoms with E-state index in [2.05, 4.69) is 11.3 Å². The van der Waals surface area contributed by atoms with E-state index in [0.717, 1.165) is 32.1 Å². The van der Waals surface area contributed by atoms with Crippen LogP contribution in [0.2, 0.25) is 0 Å². The predicted octanol–water partition coefficient (Wildman–Crippen LogP) is 6.80. The molecular weight excluding hydrogens is 912 g/mol. The first-order chi connectivity index (χ1) is 29.6. The molecule has 0 aromatic rings. The normalized spacial score (nSPS) is 34.1. The molecule has 24 heteroatoms. The molecule has 9 atom stereocenters. The van der Waals surface area contributed by atoms with Crippen molar-refractivity contribution < 1.29 is 111 Å². The van der Waals surface area contributed by atoms with Gasteiger partial charge >= 0.3 is 42.6 Å². The first-order valence-corrected chi connectivity index (χ1v) is 20.5. The number of fused-ring (bicyclic) bond motifs is 1. The standard InChI is InChI=1S/C16H16F12O4.C14H20O3.C11H12O5/c1-7(6-11(30,13(17,18)19)14(20,21)22)10(29)32-9-4-2-3-8(5-9)12(31,15(23,24)25)16(26,27)28;1-9(2)12(15)17-14-6-10-3-11(7-14)5-13(16,4-10)8-14;1-5(3-12)11(13)16-9-7-2-6-4-14-10(9)8(6)15-7/h6,8-9,30-31H,2-5H2,1H3;10-11,16H,1,3-8H2,2H3;6-10H,2,4H2,1H3. The molecule has 0 aromatic carbocycles. The van der Waals surface area contributed by atoms with Crippen LogP contribution in [0.4, 0.5) is 52.7 Å². The van der Waals surface area contributed by atoms with Gasteiger partial charge in [0, 0.05) is 29.4 Å². The van der Waals surface area contributed by atoms with Gasteiger partial charge in [-0.3, -0.25) is 0 Å². The SMILES string of the molecule is C=C(C)C(=O)OC12CC3CC(CC(O)(C3)C1)C2.CC(=C=O)C(=O)OC1C2CC3COC1C3O2.CC(=CC(O)(C(F)(F)F)C(F)(F)F)C(=O)OC1CCCC(C(O)(C(F)(F)F)C(F)(F)F)C1. The van der Waals surface area contributed by atoms with Gasteiger partial charge in [-0.2, -0.15) is 52.7 Å². The number of aliphatic hydroxyl groups is 3. The third-order valence-corrected chi connectivity index (χ3v) is 13.2. The Morgan fingerprint density at radius 3 is 1.82 bits per heavy atom. The molecule has 368 valence electrons. The Labute approximate surface area is 363 Å². The fourth-order valence-electron chi connectivity index (χ4n) is 10.5. The Kier molecular flexibility index (Phi) is 14.5. The van der Waals surface area contributed by atoms with Crippen molar-refractivity contribution in [2.75, 3.05) is 6.61 Å². The van der Waals surface area contributed by atoms with Gasteiger partial charge in [0.05, 0.1) is 24.4 Å². The van der Waals surface area contributed by atoms with Crippen molar-refractivity contribution >= 4 is 23.8 Å². The number of ether oxygens (including phenoxy) is 5. The van der Waals surface area contributed by atoms with Crippen LogP contribution in [0.15, 0.2) is 29.4 Å². The molecule has 8 rings (SSSR count). The summed E-state index contributed by atoms with van der Waals surface area (Å²) in [5, 5.41) is 28.9.